The predicted molar refractivity (Wildman–Crippen MR) is 175 cm³/mol. The van der Waals surface area contributed by atoms with Crippen LogP contribution in [0.3, 0.4) is 0 Å². The number of allylic oxidation sites excluding steroid dienone is 2. The Hall–Kier alpha value is -4.50. The van der Waals surface area contributed by atoms with Crippen molar-refractivity contribution in [1.82, 2.24) is 4.57 Å². The van der Waals surface area contributed by atoms with Crippen LogP contribution in [0.4, 0.5) is 20.2 Å². The summed E-state index contributed by atoms with van der Waals surface area (Å²) in [6, 6.07) is 22.9. The number of hydrogen-bond acceptors (Lipinski definition) is 6. The molecule has 0 N–H and O–H groups in total. The fraction of sp³-hybridized carbons (Fsp3) is 0.257. The lowest BCUT2D eigenvalue weighted by Crippen LogP contribution is -2.39. The van der Waals surface area contributed by atoms with Crippen molar-refractivity contribution in [2.45, 2.75) is 31.9 Å². The molecule has 0 saturated heterocycles. The van der Waals surface area contributed by atoms with Crippen LogP contribution in [0.1, 0.15) is 42.0 Å². The molecule has 1 aliphatic carbocycles. The van der Waals surface area contributed by atoms with E-state index in [9.17, 15) is 13.6 Å². The maximum absolute atomic E-state index is 14.0. The van der Waals surface area contributed by atoms with Crippen molar-refractivity contribution in [2.75, 3.05) is 38.0 Å². The fourth-order valence-corrected chi connectivity index (χ4v) is 6.78. The SMILES string of the molecule is CN(C)c1ccc(/C=C2\CCCC3=C2N=c2s/c(=C/c4ccc(OC(F)F)cc4)c(=O)n2[C@H]3c2ccc(N(C)C)cc2)cc1. The van der Waals surface area contributed by atoms with Gasteiger partial charge in [-0.05, 0) is 95.6 Å². The molecule has 0 spiro atoms. The van der Waals surface area contributed by atoms with Crippen LogP contribution >= 0.6 is 11.3 Å². The topological polar surface area (TPSA) is 50.1 Å². The van der Waals surface area contributed by atoms with E-state index in [1.165, 1.54) is 29.0 Å². The van der Waals surface area contributed by atoms with Gasteiger partial charge in [0.2, 0.25) is 0 Å². The molecule has 4 aromatic rings. The molecule has 6 nitrogen and oxygen atoms in total. The van der Waals surface area contributed by atoms with Crippen molar-refractivity contribution in [3.05, 3.63) is 126 Å². The minimum Gasteiger partial charge on any atom is -0.435 e. The summed E-state index contributed by atoms with van der Waals surface area (Å²) in [6.45, 7) is -2.89. The number of benzene rings is 3. The van der Waals surface area contributed by atoms with Gasteiger partial charge in [-0.3, -0.25) is 9.36 Å². The third kappa shape index (κ3) is 5.97. The minimum atomic E-state index is -2.89. The fourth-order valence-electron chi connectivity index (χ4n) is 5.78. The molecule has 44 heavy (non-hydrogen) atoms. The average molecular weight is 613 g/mol. The first-order chi connectivity index (χ1) is 21.2. The molecule has 0 saturated carbocycles. The summed E-state index contributed by atoms with van der Waals surface area (Å²) in [7, 11) is 8.07. The summed E-state index contributed by atoms with van der Waals surface area (Å²) in [5, 5.41) is 0. The summed E-state index contributed by atoms with van der Waals surface area (Å²) in [6.07, 6.45) is 6.74. The second-order valence-electron chi connectivity index (χ2n) is 11.4. The van der Waals surface area contributed by atoms with Gasteiger partial charge < -0.3 is 14.5 Å². The molecule has 0 unspecified atom stereocenters. The van der Waals surface area contributed by atoms with E-state index < -0.39 is 6.61 Å². The molecule has 0 radical (unpaired) electrons. The van der Waals surface area contributed by atoms with E-state index in [2.05, 4.69) is 69.1 Å². The number of aromatic nitrogens is 1. The number of hydrogen-bond donors (Lipinski definition) is 0. The van der Waals surface area contributed by atoms with E-state index in [-0.39, 0.29) is 17.4 Å². The molecular formula is C35H34F2N4O2S. The molecule has 9 heteroatoms. The van der Waals surface area contributed by atoms with Crippen molar-refractivity contribution in [2.24, 2.45) is 4.99 Å². The van der Waals surface area contributed by atoms with Gasteiger partial charge in [-0.1, -0.05) is 47.7 Å². The van der Waals surface area contributed by atoms with Crippen LogP contribution in [-0.4, -0.2) is 39.4 Å². The van der Waals surface area contributed by atoms with Crippen LogP contribution in [0.15, 0.2) is 99.4 Å². The first kappa shape index (κ1) is 29.6. The van der Waals surface area contributed by atoms with Crippen LogP contribution in [-0.2, 0) is 0 Å². The lowest BCUT2D eigenvalue weighted by Gasteiger charge is -2.31. The van der Waals surface area contributed by atoms with Crippen LogP contribution in [0.2, 0.25) is 0 Å². The molecule has 1 aliphatic heterocycles. The Morgan fingerprint density at radius 3 is 2.07 bits per heavy atom. The van der Waals surface area contributed by atoms with E-state index in [0.717, 1.165) is 53.0 Å². The monoisotopic (exact) mass is 612 g/mol. The molecule has 1 atom stereocenters. The lowest BCUT2D eigenvalue weighted by atomic mass is 9.83. The number of fused-ring (bicyclic) bond motifs is 1. The molecule has 1 aromatic heterocycles. The van der Waals surface area contributed by atoms with Gasteiger partial charge in [0.25, 0.3) is 5.56 Å². The normalized spacial score (nSPS) is 17.4. The standard InChI is InChI=1S/C35H34F2N4O2S/c1-39(2)26-14-8-22(9-15-26)20-25-6-5-7-29-31(25)38-35-41(32(29)24-12-16-27(17-13-24)40(3)4)33(42)30(44-35)21-23-10-18-28(19-11-23)43-34(36)37/h8-21,32,34H,5-7H2,1-4H3/b25-20+,30-21+/t32-/m0/s1. The van der Waals surface area contributed by atoms with Gasteiger partial charge in [0.15, 0.2) is 4.80 Å². The quantitative estimate of drug-likeness (QED) is 0.249. The highest BCUT2D eigenvalue weighted by molar-refractivity contribution is 7.07. The van der Waals surface area contributed by atoms with Crippen LogP contribution in [0, 0.1) is 0 Å². The molecule has 2 aliphatic rings. The van der Waals surface area contributed by atoms with Crippen LogP contribution in [0.25, 0.3) is 12.2 Å². The lowest BCUT2D eigenvalue weighted by molar-refractivity contribution is -0.0498. The van der Waals surface area contributed by atoms with Crippen molar-refractivity contribution >= 4 is 34.9 Å². The number of ether oxygens (including phenoxy) is 1. The van der Waals surface area contributed by atoms with Gasteiger partial charge >= 0.3 is 6.61 Å². The van der Waals surface area contributed by atoms with Gasteiger partial charge in [0, 0.05) is 39.6 Å². The number of anilines is 2. The van der Waals surface area contributed by atoms with Crippen molar-refractivity contribution in [3.63, 3.8) is 0 Å². The largest absolute Gasteiger partial charge is 0.435 e. The van der Waals surface area contributed by atoms with Crippen LogP contribution < -0.4 is 29.4 Å². The number of alkyl halides is 2. The number of rotatable bonds is 7. The summed E-state index contributed by atoms with van der Waals surface area (Å²) in [5.74, 6) is 0.0723. The van der Waals surface area contributed by atoms with Gasteiger partial charge in [0.1, 0.15) is 5.75 Å². The van der Waals surface area contributed by atoms with Gasteiger partial charge in [0.05, 0.1) is 16.3 Å². The summed E-state index contributed by atoms with van der Waals surface area (Å²) in [4.78, 5) is 24.0. The number of nitrogens with zero attached hydrogens (tertiary/aromatic N) is 4. The molecule has 226 valence electrons. The molecule has 0 bridgehead atoms. The van der Waals surface area contributed by atoms with Crippen molar-refractivity contribution in [1.29, 1.82) is 0 Å². The Labute approximate surface area is 259 Å². The van der Waals surface area contributed by atoms with E-state index >= 15 is 0 Å². The highest BCUT2D eigenvalue weighted by Gasteiger charge is 2.32. The first-order valence-corrected chi connectivity index (χ1v) is 15.3. The third-order valence-electron chi connectivity index (χ3n) is 8.01. The maximum atomic E-state index is 14.0. The Kier molecular flexibility index (Phi) is 8.23. The molecule has 0 fully saturated rings. The molecule has 0 amide bonds. The van der Waals surface area contributed by atoms with Crippen LogP contribution in [0.5, 0.6) is 5.75 Å². The maximum Gasteiger partial charge on any atom is 0.387 e. The van der Waals surface area contributed by atoms with Gasteiger partial charge in [-0.2, -0.15) is 8.78 Å². The Bertz CT molecular complexity index is 1900. The van der Waals surface area contributed by atoms with Gasteiger partial charge in [-0.15, -0.1) is 0 Å². The smallest absolute Gasteiger partial charge is 0.387 e. The Balaban J connectivity index is 1.49. The van der Waals surface area contributed by atoms with E-state index in [0.29, 0.717) is 14.9 Å². The highest BCUT2D eigenvalue weighted by atomic mass is 32.1. The second kappa shape index (κ2) is 12.2. The highest BCUT2D eigenvalue weighted by Crippen LogP contribution is 2.41. The summed E-state index contributed by atoms with van der Waals surface area (Å²) >= 11 is 1.35. The number of thiazole rings is 1. The van der Waals surface area contributed by atoms with E-state index in [4.69, 9.17) is 4.99 Å². The summed E-state index contributed by atoms with van der Waals surface area (Å²) in [5.41, 5.74) is 8.26. The molecule has 2 heterocycles. The molecular weight excluding hydrogens is 578 g/mol. The minimum absolute atomic E-state index is 0.0723. The Morgan fingerprint density at radius 2 is 1.45 bits per heavy atom. The average Bonchev–Trinajstić information content (AvgIpc) is 3.31. The third-order valence-corrected chi connectivity index (χ3v) is 8.99. The first-order valence-electron chi connectivity index (χ1n) is 14.5. The zero-order valence-electron chi connectivity index (χ0n) is 25.1. The van der Waals surface area contributed by atoms with Crippen molar-refractivity contribution in [3.8, 4) is 5.75 Å². The Morgan fingerprint density at radius 1 is 0.864 bits per heavy atom. The van der Waals surface area contributed by atoms with Gasteiger partial charge in [-0.25, -0.2) is 4.99 Å². The zero-order chi connectivity index (χ0) is 31.0. The predicted octanol–water partition coefficient (Wildman–Crippen LogP) is 6.22. The molecule has 3 aromatic carbocycles. The number of halogens is 2. The summed E-state index contributed by atoms with van der Waals surface area (Å²) < 4.78 is 32.1. The van der Waals surface area contributed by atoms with E-state index in [1.807, 2.05) is 32.8 Å². The second-order valence-corrected chi connectivity index (χ2v) is 12.4. The van der Waals surface area contributed by atoms with E-state index in [1.54, 1.807) is 18.2 Å². The zero-order valence-corrected chi connectivity index (χ0v) is 25.9. The molecule has 6 rings (SSSR count). The van der Waals surface area contributed by atoms with Crippen molar-refractivity contribution < 1.29 is 13.5 Å².